The van der Waals surface area contributed by atoms with Crippen molar-refractivity contribution in [2.24, 2.45) is 46.3 Å². The van der Waals surface area contributed by atoms with Crippen LogP contribution in [0.5, 0.6) is 0 Å². The molecule has 4 fully saturated rings. The molecule has 10 atom stereocenters. The molecule has 0 unspecified atom stereocenters. The summed E-state index contributed by atoms with van der Waals surface area (Å²) in [7, 11) is 0. The minimum Gasteiger partial charge on any atom is -0.297 e. The maximum absolute atomic E-state index is 3.04. The SMILES string of the molecule is C[C@@H]1CC[C@@H]2[C@H](C)[C@@H]3[C@H](C[C@@H]4[C@@H]5CC=C6C=CCC[C@]6(C)[C@H]5CC[C@]34C)N2C1. The lowest BCUT2D eigenvalue weighted by molar-refractivity contribution is -0.0452. The Morgan fingerprint density at radius 3 is 2.71 bits per heavy atom. The highest BCUT2D eigenvalue weighted by molar-refractivity contribution is 5.34. The van der Waals surface area contributed by atoms with Crippen molar-refractivity contribution < 1.29 is 0 Å². The standard InChI is InChI=1S/C27H41N/c1-17-8-11-23-18(2)25-24(28(23)16-17)15-22-20-10-9-19-7-5-6-13-26(19,3)21(20)12-14-27(22,25)4/h5,7,9,17-18,20-25H,6,8,10-16H2,1-4H3/t17-,18+,20-,21+,22-,23-,24+,25-,26+,27+/m1/s1. The Labute approximate surface area is 173 Å². The van der Waals surface area contributed by atoms with Gasteiger partial charge in [0.2, 0.25) is 0 Å². The van der Waals surface area contributed by atoms with E-state index in [1.807, 2.05) is 0 Å². The van der Waals surface area contributed by atoms with Gasteiger partial charge in [0.15, 0.2) is 0 Å². The summed E-state index contributed by atoms with van der Waals surface area (Å²) in [4.78, 5) is 3.04. The molecule has 4 aliphatic carbocycles. The van der Waals surface area contributed by atoms with Crippen LogP contribution in [-0.2, 0) is 0 Å². The lowest BCUT2D eigenvalue weighted by atomic mass is 9.47. The second-order valence-electron chi connectivity index (χ2n) is 12.3. The van der Waals surface area contributed by atoms with Crippen LogP contribution in [0.15, 0.2) is 23.8 Å². The zero-order valence-corrected chi connectivity index (χ0v) is 18.7. The highest BCUT2D eigenvalue weighted by Crippen LogP contribution is 2.69. The molecule has 154 valence electrons. The summed E-state index contributed by atoms with van der Waals surface area (Å²) < 4.78 is 0. The van der Waals surface area contributed by atoms with E-state index >= 15 is 0 Å². The van der Waals surface area contributed by atoms with Crippen LogP contribution in [0.2, 0.25) is 0 Å². The van der Waals surface area contributed by atoms with Gasteiger partial charge in [0.25, 0.3) is 0 Å². The van der Waals surface area contributed by atoms with Crippen LogP contribution in [0.1, 0.15) is 79.1 Å². The van der Waals surface area contributed by atoms with Gasteiger partial charge in [0.05, 0.1) is 0 Å². The van der Waals surface area contributed by atoms with Gasteiger partial charge in [-0.1, -0.05) is 45.9 Å². The lowest BCUT2D eigenvalue weighted by Crippen LogP contribution is -2.50. The molecule has 0 aromatic heterocycles. The van der Waals surface area contributed by atoms with Gasteiger partial charge in [-0.15, -0.1) is 0 Å². The van der Waals surface area contributed by atoms with Crippen LogP contribution in [0, 0.1) is 46.3 Å². The van der Waals surface area contributed by atoms with E-state index in [1.54, 1.807) is 5.57 Å². The maximum Gasteiger partial charge on any atom is 0.0138 e. The van der Waals surface area contributed by atoms with Crippen molar-refractivity contribution >= 4 is 0 Å². The van der Waals surface area contributed by atoms with Gasteiger partial charge in [0.1, 0.15) is 0 Å². The van der Waals surface area contributed by atoms with E-state index in [9.17, 15) is 0 Å². The largest absolute Gasteiger partial charge is 0.297 e. The molecular weight excluding hydrogens is 338 g/mol. The van der Waals surface area contributed by atoms with E-state index in [2.05, 4.69) is 50.8 Å². The van der Waals surface area contributed by atoms with Crippen molar-refractivity contribution in [3.05, 3.63) is 23.8 Å². The van der Waals surface area contributed by atoms with Crippen LogP contribution in [0.4, 0.5) is 0 Å². The lowest BCUT2D eigenvalue weighted by Gasteiger charge is -2.57. The highest BCUT2D eigenvalue weighted by Gasteiger charge is 2.66. The molecule has 1 nitrogen and oxygen atoms in total. The molecule has 0 amide bonds. The topological polar surface area (TPSA) is 3.24 Å². The molecule has 6 rings (SSSR count). The first-order valence-electron chi connectivity index (χ1n) is 12.6. The summed E-state index contributed by atoms with van der Waals surface area (Å²) >= 11 is 0. The zero-order valence-electron chi connectivity index (χ0n) is 18.7. The predicted octanol–water partition coefficient (Wildman–Crippen LogP) is 6.46. The number of rotatable bonds is 0. The molecule has 2 saturated carbocycles. The second-order valence-corrected chi connectivity index (χ2v) is 12.3. The quantitative estimate of drug-likeness (QED) is 0.467. The third-order valence-electron chi connectivity index (χ3n) is 11.3. The Morgan fingerprint density at radius 2 is 1.86 bits per heavy atom. The summed E-state index contributed by atoms with van der Waals surface area (Å²) in [5.41, 5.74) is 2.78. The van der Waals surface area contributed by atoms with Crippen LogP contribution < -0.4 is 0 Å². The summed E-state index contributed by atoms with van der Waals surface area (Å²) in [5.74, 6) is 5.68. The molecule has 1 heteroatoms. The second kappa shape index (κ2) is 5.99. The summed E-state index contributed by atoms with van der Waals surface area (Å²) in [6, 6.07) is 1.81. The first-order valence-corrected chi connectivity index (χ1v) is 12.6. The van der Waals surface area contributed by atoms with Gasteiger partial charge < -0.3 is 0 Å². The number of piperidine rings is 1. The molecule has 28 heavy (non-hydrogen) atoms. The highest BCUT2D eigenvalue weighted by atomic mass is 15.2. The van der Waals surface area contributed by atoms with Gasteiger partial charge in [-0.05, 0) is 103 Å². The van der Waals surface area contributed by atoms with Gasteiger partial charge in [0, 0.05) is 18.6 Å². The normalized spacial score (nSPS) is 57.6. The Balaban J connectivity index is 1.35. The van der Waals surface area contributed by atoms with Crippen molar-refractivity contribution in [3.63, 3.8) is 0 Å². The third-order valence-corrected chi connectivity index (χ3v) is 11.3. The molecule has 0 radical (unpaired) electrons. The number of hydrogen-bond acceptors (Lipinski definition) is 1. The monoisotopic (exact) mass is 379 g/mol. The zero-order chi connectivity index (χ0) is 19.3. The fourth-order valence-corrected chi connectivity index (χ4v) is 10.0. The summed E-state index contributed by atoms with van der Waals surface area (Å²) in [5, 5.41) is 0. The van der Waals surface area contributed by atoms with E-state index in [0.29, 0.717) is 10.8 Å². The van der Waals surface area contributed by atoms with Crippen LogP contribution in [0.3, 0.4) is 0 Å². The number of nitrogens with zero attached hydrogens (tertiary/aromatic N) is 1. The van der Waals surface area contributed by atoms with Crippen molar-refractivity contribution in [1.29, 1.82) is 0 Å². The van der Waals surface area contributed by atoms with Gasteiger partial charge in [-0.25, -0.2) is 0 Å². The van der Waals surface area contributed by atoms with Crippen LogP contribution in [0.25, 0.3) is 0 Å². The van der Waals surface area contributed by atoms with Crippen molar-refractivity contribution in [2.75, 3.05) is 6.54 Å². The van der Waals surface area contributed by atoms with Gasteiger partial charge in [-0.2, -0.15) is 0 Å². The molecule has 0 bridgehead atoms. The fraction of sp³-hybridized carbons (Fsp3) is 0.852. The van der Waals surface area contributed by atoms with Gasteiger partial charge in [-0.3, -0.25) is 4.90 Å². The average Bonchev–Trinajstić information content (AvgIpc) is 3.14. The van der Waals surface area contributed by atoms with E-state index < -0.39 is 0 Å². The van der Waals surface area contributed by atoms with Crippen molar-refractivity contribution in [3.8, 4) is 0 Å². The summed E-state index contributed by atoms with van der Waals surface area (Å²) in [6.45, 7) is 11.9. The molecule has 2 heterocycles. The molecule has 0 aromatic carbocycles. The average molecular weight is 380 g/mol. The summed E-state index contributed by atoms with van der Waals surface area (Å²) in [6.07, 6.45) is 19.1. The van der Waals surface area contributed by atoms with Crippen molar-refractivity contribution in [1.82, 2.24) is 4.90 Å². The number of allylic oxidation sites excluding steroid dienone is 4. The smallest absolute Gasteiger partial charge is 0.0138 e. The number of hydrogen-bond donors (Lipinski definition) is 0. The molecule has 0 aromatic rings. The first-order chi connectivity index (χ1) is 13.4. The van der Waals surface area contributed by atoms with E-state index in [1.165, 1.54) is 57.9 Å². The molecule has 0 spiro atoms. The Bertz CT molecular complexity index is 720. The van der Waals surface area contributed by atoms with E-state index in [4.69, 9.17) is 0 Å². The van der Waals surface area contributed by atoms with Crippen molar-refractivity contribution in [2.45, 2.75) is 91.1 Å². The molecule has 2 saturated heterocycles. The molecular formula is C27H41N. The number of fused-ring (bicyclic) bond motifs is 9. The van der Waals surface area contributed by atoms with Gasteiger partial charge >= 0.3 is 0 Å². The minimum atomic E-state index is 0.477. The fourth-order valence-electron chi connectivity index (χ4n) is 10.0. The molecule has 6 aliphatic rings. The Hall–Kier alpha value is -0.560. The molecule has 0 N–H and O–H groups in total. The Kier molecular flexibility index (Phi) is 3.90. The minimum absolute atomic E-state index is 0.477. The molecule has 2 aliphatic heterocycles. The third kappa shape index (κ3) is 2.18. The predicted molar refractivity (Wildman–Crippen MR) is 117 cm³/mol. The maximum atomic E-state index is 3.04. The van der Waals surface area contributed by atoms with Crippen LogP contribution in [-0.4, -0.2) is 23.5 Å². The van der Waals surface area contributed by atoms with E-state index in [-0.39, 0.29) is 0 Å². The van der Waals surface area contributed by atoms with E-state index in [0.717, 1.165) is 47.6 Å². The first kappa shape index (κ1) is 18.2. The Morgan fingerprint density at radius 1 is 1.00 bits per heavy atom. The van der Waals surface area contributed by atoms with Crippen LogP contribution >= 0.6 is 0 Å².